The minimum absolute atomic E-state index is 0.161. The van der Waals surface area contributed by atoms with Gasteiger partial charge in [-0.1, -0.05) is 71.6 Å². The summed E-state index contributed by atoms with van der Waals surface area (Å²) >= 11 is 0. The van der Waals surface area contributed by atoms with Crippen molar-refractivity contribution in [1.82, 2.24) is 14.9 Å². The number of carbonyl (C=O) groups is 2. The Morgan fingerprint density at radius 3 is 2.03 bits per heavy atom. The summed E-state index contributed by atoms with van der Waals surface area (Å²) in [5, 5.41) is 0. The van der Waals surface area contributed by atoms with E-state index in [2.05, 4.69) is 23.8 Å². The lowest BCUT2D eigenvalue weighted by molar-refractivity contribution is -0.143. The highest BCUT2D eigenvalue weighted by atomic mass is 16.5. The maximum absolute atomic E-state index is 12.7. The Kier molecular flexibility index (Phi) is 13.3. The summed E-state index contributed by atoms with van der Waals surface area (Å²) in [4.78, 5) is 36.2. The summed E-state index contributed by atoms with van der Waals surface area (Å²) < 4.78 is 5.66. The standard InChI is InChI=1S/C32H47N3O3/c1-3-5-7-9-11-12-14-26-24-33-31(34-25-26)27-16-18-29(19-17-27)38-32(37)28-20-22-35(23-21-28)30(36)15-13-10-8-6-4-2/h16-19,24-25,28H,3-15,20-23H2,1-2H3. The van der Waals surface area contributed by atoms with Crippen LogP contribution in [0.2, 0.25) is 0 Å². The second kappa shape index (κ2) is 17.0. The maximum atomic E-state index is 12.7. The van der Waals surface area contributed by atoms with E-state index >= 15 is 0 Å². The molecule has 0 radical (unpaired) electrons. The Balaban J connectivity index is 1.38. The molecule has 0 unspecified atom stereocenters. The molecular weight excluding hydrogens is 474 g/mol. The highest BCUT2D eigenvalue weighted by molar-refractivity contribution is 5.78. The number of carbonyl (C=O) groups excluding carboxylic acids is 2. The van der Waals surface area contributed by atoms with E-state index in [-0.39, 0.29) is 17.8 Å². The van der Waals surface area contributed by atoms with Crippen molar-refractivity contribution < 1.29 is 14.3 Å². The van der Waals surface area contributed by atoms with Crippen LogP contribution in [-0.4, -0.2) is 39.8 Å². The molecule has 1 fully saturated rings. The number of esters is 1. The summed E-state index contributed by atoms with van der Waals surface area (Å²) in [5.41, 5.74) is 2.08. The lowest BCUT2D eigenvalue weighted by atomic mass is 9.96. The van der Waals surface area contributed by atoms with Crippen molar-refractivity contribution in [3.8, 4) is 17.1 Å². The molecule has 1 saturated heterocycles. The molecule has 0 aliphatic carbocycles. The minimum atomic E-state index is -0.209. The highest BCUT2D eigenvalue weighted by Crippen LogP contribution is 2.24. The Labute approximate surface area is 229 Å². The van der Waals surface area contributed by atoms with Gasteiger partial charge in [0.05, 0.1) is 5.92 Å². The Bertz CT molecular complexity index is 951. The number of ether oxygens (including phenoxy) is 1. The molecule has 1 aliphatic rings. The first-order valence-electron chi connectivity index (χ1n) is 15.0. The number of piperidine rings is 1. The minimum Gasteiger partial charge on any atom is -0.426 e. The molecule has 0 atom stereocenters. The number of hydrogen-bond acceptors (Lipinski definition) is 5. The predicted octanol–water partition coefficient (Wildman–Crippen LogP) is 7.55. The van der Waals surface area contributed by atoms with Gasteiger partial charge in [-0.3, -0.25) is 9.59 Å². The Morgan fingerprint density at radius 2 is 1.39 bits per heavy atom. The molecule has 1 aromatic carbocycles. The fourth-order valence-corrected chi connectivity index (χ4v) is 5.02. The zero-order chi connectivity index (χ0) is 27.0. The van der Waals surface area contributed by atoms with Crippen LogP contribution >= 0.6 is 0 Å². The van der Waals surface area contributed by atoms with Crippen LogP contribution < -0.4 is 4.74 Å². The van der Waals surface area contributed by atoms with E-state index in [9.17, 15) is 9.59 Å². The van der Waals surface area contributed by atoms with Crippen LogP contribution in [0.5, 0.6) is 5.75 Å². The van der Waals surface area contributed by atoms with E-state index in [0.29, 0.717) is 43.9 Å². The van der Waals surface area contributed by atoms with Crippen LogP contribution in [0.4, 0.5) is 0 Å². The van der Waals surface area contributed by atoms with Gasteiger partial charge in [0, 0.05) is 37.5 Å². The van der Waals surface area contributed by atoms with Gasteiger partial charge >= 0.3 is 5.97 Å². The summed E-state index contributed by atoms with van der Waals surface area (Å²) in [6.45, 7) is 5.71. The van der Waals surface area contributed by atoms with Crippen molar-refractivity contribution in [2.45, 2.75) is 110 Å². The SMILES string of the molecule is CCCCCCCCc1cnc(-c2ccc(OC(=O)C3CCN(C(=O)CCCCCCC)CC3)cc2)nc1. The second-order valence-electron chi connectivity index (χ2n) is 10.7. The quantitative estimate of drug-likeness (QED) is 0.129. The van der Waals surface area contributed by atoms with Gasteiger partial charge in [-0.2, -0.15) is 0 Å². The molecule has 0 N–H and O–H groups in total. The van der Waals surface area contributed by atoms with E-state index in [1.807, 2.05) is 29.4 Å². The van der Waals surface area contributed by atoms with Crippen molar-refractivity contribution in [2.24, 2.45) is 5.92 Å². The van der Waals surface area contributed by atoms with Gasteiger partial charge in [0.2, 0.25) is 5.91 Å². The zero-order valence-corrected chi connectivity index (χ0v) is 23.6. The van der Waals surface area contributed by atoms with E-state index in [4.69, 9.17) is 4.74 Å². The first kappa shape index (κ1) is 29.8. The van der Waals surface area contributed by atoms with Crippen LogP contribution in [0.3, 0.4) is 0 Å². The molecule has 1 aliphatic heterocycles. The maximum Gasteiger partial charge on any atom is 0.314 e. The Morgan fingerprint density at radius 1 is 0.816 bits per heavy atom. The number of amides is 1. The number of unbranched alkanes of at least 4 members (excludes halogenated alkanes) is 9. The van der Waals surface area contributed by atoms with Gasteiger partial charge in [-0.25, -0.2) is 9.97 Å². The number of nitrogens with zero attached hydrogens (tertiary/aromatic N) is 3. The van der Waals surface area contributed by atoms with Crippen LogP contribution in [0.15, 0.2) is 36.7 Å². The molecule has 0 bridgehead atoms. The van der Waals surface area contributed by atoms with E-state index in [0.717, 1.165) is 24.8 Å². The van der Waals surface area contributed by atoms with Gasteiger partial charge in [0.15, 0.2) is 5.82 Å². The average Bonchev–Trinajstić information content (AvgIpc) is 2.95. The summed E-state index contributed by atoms with van der Waals surface area (Å²) in [7, 11) is 0. The van der Waals surface area contributed by atoms with E-state index in [1.165, 1.54) is 63.4 Å². The largest absolute Gasteiger partial charge is 0.426 e. The molecule has 6 nitrogen and oxygen atoms in total. The van der Waals surface area contributed by atoms with Crippen molar-refractivity contribution in [1.29, 1.82) is 0 Å². The summed E-state index contributed by atoms with van der Waals surface area (Å²) in [6.07, 6.45) is 20.3. The number of benzene rings is 1. The average molecular weight is 522 g/mol. The molecule has 2 heterocycles. The molecular formula is C32H47N3O3. The van der Waals surface area contributed by atoms with Gasteiger partial charge in [0.25, 0.3) is 0 Å². The van der Waals surface area contributed by atoms with Crippen molar-refractivity contribution in [3.05, 3.63) is 42.2 Å². The zero-order valence-electron chi connectivity index (χ0n) is 23.6. The number of likely N-dealkylation sites (tertiary alicyclic amines) is 1. The monoisotopic (exact) mass is 521 g/mol. The molecule has 0 saturated carbocycles. The molecule has 2 aromatic rings. The van der Waals surface area contributed by atoms with Gasteiger partial charge < -0.3 is 9.64 Å². The summed E-state index contributed by atoms with van der Waals surface area (Å²) in [6, 6.07) is 7.40. The molecule has 6 heteroatoms. The predicted molar refractivity (Wildman–Crippen MR) is 153 cm³/mol. The van der Waals surface area contributed by atoms with Crippen LogP contribution in [0, 0.1) is 5.92 Å². The third kappa shape index (κ3) is 10.2. The first-order valence-corrected chi connectivity index (χ1v) is 15.0. The number of aromatic nitrogens is 2. The van der Waals surface area contributed by atoms with Crippen LogP contribution in [0.1, 0.15) is 109 Å². The topological polar surface area (TPSA) is 72.4 Å². The molecule has 208 valence electrons. The first-order chi connectivity index (χ1) is 18.6. The van der Waals surface area contributed by atoms with Crippen molar-refractivity contribution in [3.63, 3.8) is 0 Å². The third-order valence-electron chi connectivity index (χ3n) is 7.53. The Hall–Kier alpha value is -2.76. The smallest absolute Gasteiger partial charge is 0.314 e. The molecule has 1 amide bonds. The third-order valence-corrected chi connectivity index (χ3v) is 7.53. The molecule has 0 spiro atoms. The highest BCUT2D eigenvalue weighted by Gasteiger charge is 2.28. The number of rotatable bonds is 16. The van der Waals surface area contributed by atoms with Crippen molar-refractivity contribution >= 4 is 11.9 Å². The summed E-state index contributed by atoms with van der Waals surface area (Å²) in [5.74, 6) is 1.06. The fraction of sp³-hybridized carbons (Fsp3) is 0.625. The lowest BCUT2D eigenvalue weighted by Gasteiger charge is -2.31. The van der Waals surface area contributed by atoms with Crippen LogP contribution in [0.25, 0.3) is 11.4 Å². The lowest BCUT2D eigenvalue weighted by Crippen LogP contribution is -2.41. The normalized spacial score (nSPS) is 14.0. The van der Waals surface area contributed by atoms with Crippen molar-refractivity contribution in [2.75, 3.05) is 13.1 Å². The van der Waals surface area contributed by atoms with Gasteiger partial charge in [-0.05, 0) is 61.9 Å². The van der Waals surface area contributed by atoms with Crippen LogP contribution in [-0.2, 0) is 16.0 Å². The molecule has 3 rings (SSSR count). The van der Waals surface area contributed by atoms with E-state index in [1.54, 1.807) is 12.1 Å². The van der Waals surface area contributed by atoms with Gasteiger partial charge in [0.1, 0.15) is 5.75 Å². The van der Waals surface area contributed by atoms with E-state index < -0.39 is 0 Å². The fourth-order valence-electron chi connectivity index (χ4n) is 5.02. The number of hydrogen-bond donors (Lipinski definition) is 0. The molecule has 38 heavy (non-hydrogen) atoms. The second-order valence-corrected chi connectivity index (χ2v) is 10.7. The van der Waals surface area contributed by atoms with Gasteiger partial charge in [-0.15, -0.1) is 0 Å². The molecule has 1 aromatic heterocycles. The number of aryl methyl sites for hydroxylation is 1.